The molecule has 1 aromatic carbocycles. The zero-order valence-corrected chi connectivity index (χ0v) is 21.7. The maximum atomic E-state index is 12.2. The Morgan fingerprint density at radius 2 is 2.00 bits per heavy atom. The van der Waals surface area contributed by atoms with E-state index in [1.807, 2.05) is 6.07 Å². The van der Waals surface area contributed by atoms with Gasteiger partial charge in [0.15, 0.2) is 0 Å². The standard InChI is InChI=1S/C27H45NO4S/c1-4-5-6-7-14-27(2,3)20-11-13-22(25(30)16-20)23-17-21(32-26(31)24(28)18-33)12-10-19(23)9-8-15-29/h11,13,16,19,21,23-24,29-30,33H,4-10,12,14-15,17-18,28H2,1-3H3/t19?,21?,23?,24-/m0/s1. The number of carbonyl (C=O) groups excluding carboxylic acids is 1. The number of carbonyl (C=O) groups is 1. The van der Waals surface area contributed by atoms with E-state index in [4.69, 9.17) is 10.5 Å². The molecule has 188 valence electrons. The number of esters is 1. The average Bonchev–Trinajstić information content (AvgIpc) is 2.80. The zero-order chi connectivity index (χ0) is 24.4. The first-order chi connectivity index (χ1) is 15.7. The number of hydrogen-bond acceptors (Lipinski definition) is 6. The molecular formula is C27H45NO4S. The molecule has 2 rings (SSSR count). The lowest BCUT2D eigenvalue weighted by molar-refractivity contribution is -0.152. The second-order valence-electron chi connectivity index (χ2n) is 10.4. The van der Waals surface area contributed by atoms with Crippen LogP contribution in [0, 0.1) is 5.92 Å². The van der Waals surface area contributed by atoms with Crippen LogP contribution in [0.4, 0.5) is 0 Å². The van der Waals surface area contributed by atoms with E-state index in [0.717, 1.165) is 43.2 Å². The molecule has 6 heteroatoms. The van der Waals surface area contributed by atoms with Gasteiger partial charge in [0.1, 0.15) is 17.9 Å². The van der Waals surface area contributed by atoms with Crippen molar-refractivity contribution in [3.05, 3.63) is 29.3 Å². The zero-order valence-electron chi connectivity index (χ0n) is 20.8. The minimum atomic E-state index is -0.717. The van der Waals surface area contributed by atoms with Crippen LogP contribution in [0.1, 0.15) is 102 Å². The van der Waals surface area contributed by atoms with Gasteiger partial charge >= 0.3 is 5.97 Å². The fraction of sp³-hybridized carbons (Fsp3) is 0.741. The summed E-state index contributed by atoms with van der Waals surface area (Å²) >= 11 is 4.10. The van der Waals surface area contributed by atoms with Crippen LogP contribution < -0.4 is 5.73 Å². The molecule has 33 heavy (non-hydrogen) atoms. The summed E-state index contributed by atoms with van der Waals surface area (Å²) in [6.45, 7) is 6.88. The highest BCUT2D eigenvalue weighted by molar-refractivity contribution is 7.80. The molecule has 1 fully saturated rings. The smallest absolute Gasteiger partial charge is 0.324 e. The van der Waals surface area contributed by atoms with E-state index in [1.54, 1.807) is 0 Å². The van der Waals surface area contributed by atoms with Crippen LogP contribution >= 0.6 is 12.6 Å². The number of nitrogens with two attached hydrogens (primary N) is 1. The first-order valence-corrected chi connectivity index (χ1v) is 13.4. The van der Waals surface area contributed by atoms with Crippen molar-refractivity contribution in [1.29, 1.82) is 0 Å². The van der Waals surface area contributed by atoms with E-state index in [1.165, 1.54) is 25.7 Å². The molecule has 1 saturated carbocycles. The summed E-state index contributed by atoms with van der Waals surface area (Å²) in [4.78, 5) is 12.2. The van der Waals surface area contributed by atoms with E-state index in [9.17, 15) is 15.0 Å². The van der Waals surface area contributed by atoms with Crippen molar-refractivity contribution in [2.24, 2.45) is 11.7 Å². The summed E-state index contributed by atoms with van der Waals surface area (Å²) < 4.78 is 5.69. The number of phenolic OH excluding ortho intramolecular Hbond substituents is 1. The molecule has 4 atom stereocenters. The van der Waals surface area contributed by atoms with Gasteiger partial charge in [-0.25, -0.2) is 0 Å². The third kappa shape index (κ3) is 8.18. The number of unbranched alkanes of at least 4 members (excludes halogenated alkanes) is 3. The molecule has 1 aliphatic carbocycles. The third-order valence-corrected chi connectivity index (χ3v) is 7.72. The molecule has 0 amide bonds. The largest absolute Gasteiger partial charge is 0.508 e. The average molecular weight is 480 g/mol. The number of benzene rings is 1. The second-order valence-corrected chi connectivity index (χ2v) is 10.7. The van der Waals surface area contributed by atoms with E-state index < -0.39 is 12.0 Å². The number of ether oxygens (including phenoxy) is 1. The van der Waals surface area contributed by atoms with Crippen molar-refractivity contribution in [3.8, 4) is 5.75 Å². The normalized spacial score (nSPS) is 22.2. The predicted octanol–water partition coefficient (Wildman–Crippen LogP) is 5.47. The lowest BCUT2D eigenvalue weighted by Gasteiger charge is -2.37. The van der Waals surface area contributed by atoms with Gasteiger partial charge in [0.2, 0.25) is 0 Å². The van der Waals surface area contributed by atoms with Crippen molar-refractivity contribution < 1.29 is 19.7 Å². The highest BCUT2D eigenvalue weighted by Crippen LogP contribution is 2.45. The molecule has 0 spiro atoms. The van der Waals surface area contributed by atoms with Crippen molar-refractivity contribution in [2.45, 2.75) is 108 Å². The molecule has 1 aliphatic rings. The SMILES string of the molecule is CCCCCCC(C)(C)c1ccc(C2CC(OC(=O)[C@@H](N)CS)CCC2CCCO)c(O)c1. The van der Waals surface area contributed by atoms with Crippen LogP contribution in [0.3, 0.4) is 0 Å². The molecule has 4 N–H and O–H groups in total. The van der Waals surface area contributed by atoms with Crippen LogP contribution in [0.15, 0.2) is 18.2 Å². The lowest BCUT2D eigenvalue weighted by atomic mass is 9.71. The Labute approximate surface area is 205 Å². The van der Waals surface area contributed by atoms with Crippen LogP contribution in [0.5, 0.6) is 5.75 Å². The third-order valence-electron chi connectivity index (χ3n) is 7.33. The summed E-state index contributed by atoms with van der Waals surface area (Å²) in [6, 6.07) is 5.44. The minimum absolute atomic E-state index is 0.00761. The summed E-state index contributed by atoms with van der Waals surface area (Å²) in [6.07, 6.45) is 9.77. The van der Waals surface area contributed by atoms with Crippen molar-refractivity contribution in [3.63, 3.8) is 0 Å². The van der Waals surface area contributed by atoms with Crippen molar-refractivity contribution in [2.75, 3.05) is 12.4 Å². The van der Waals surface area contributed by atoms with Gasteiger partial charge in [-0.05, 0) is 73.0 Å². The summed E-state index contributed by atoms with van der Waals surface area (Å²) in [5.74, 6) is 0.588. The monoisotopic (exact) mass is 479 g/mol. The van der Waals surface area contributed by atoms with E-state index in [2.05, 4.69) is 45.5 Å². The van der Waals surface area contributed by atoms with Gasteiger partial charge < -0.3 is 20.7 Å². The maximum Gasteiger partial charge on any atom is 0.324 e. The van der Waals surface area contributed by atoms with Gasteiger partial charge in [-0.3, -0.25) is 4.79 Å². The fourth-order valence-corrected chi connectivity index (χ4v) is 5.27. The molecule has 0 heterocycles. The quantitative estimate of drug-likeness (QED) is 0.171. The number of aliphatic hydroxyl groups excluding tert-OH is 1. The van der Waals surface area contributed by atoms with E-state index in [0.29, 0.717) is 18.1 Å². The first kappa shape index (κ1) is 28.0. The molecule has 0 aromatic heterocycles. The molecule has 1 aromatic rings. The Morgan fingerprint density at radius 3 is 2.64 bits per heavy atom. The highest BCUT2D eigenvalue weighted by atomic mass is 32.1. The van der Waals surface area contributed by atoms with Gasteiger partial charge in [0.05, 0.1) is 0 Å². The van der Waals surface area contributed by atoms with Crippen molar-refractivity contribution >= 4 is 18.6 Å². The predicted molar refractivity (Wildman–Crippen MR) is 138 cm³/mol. The van der Waals surface area contributed by atoms with E-state index in [-0.39, 0.29) is 29.8 Å². The summed E-state index contributed by atoms with van der Waals surface area (Å²) in [7, 11) is 0. The fourth-order valence-electron chi connectivity index (χ4n) is 5.12. The Hall–Kier alpha value is -1.24. The summed E-state index contributed by atoms with van der Waals surface area (Å²) in [5, 5.41) is 20.4. The van der Waals surface area contributed by atoms with Gasteiger partial charge in [0.25, 0.3) is 0 Å². The van der Waals surface area contributed by atoms with Gasteiger partial charge in [-0.2, -0.15) is 12.6 Å². The Bertz CT molecular complexity index is 739. The molecule has 0 saturated heterocycles. The number of rotatable bonds is 13. The second kappa shape index (κ2) is 13.6. The minimum Gasteiger partial charge on any atom is -0.508 e. The molecule has 3 unspecified atom stereocenters. The number of hydrogen-bond donors (Lipinski definition) is 4. The number of aliphatic hydroxyl groups is 1. The van der Waals surface area contributed by atoms with Crippen LogP contribution in [0.25, 0.3) is 0 Å². The molecule has 0 radical (unpaired) electrons. The Balaban J connectivity index is 2.18. The molecule has 5 nitrogen and oxygen atoms in total. The summed E-state index contributed by atoms with van der Waals surface area (Å²) in [5.41, 5.74) is 7.87. The van der Waals surface area contributed by atoms with Gasteiger partial charge in [-0.15, -0.1) is 0 Å². The van der Waals surface area contributed by atoms with Gasteiger partial charge in [0, 0.05) is 12.4 Å². The maximum absolute atomic E-state index is 12.2. The van der Waals surface area contributed by atoms with Crippen LogP contribution in [-0.2, 0) is 14.9 Å². The van der Waals surface area contributed by atoms with Crippen molar-refractivity contribution in [1.82, 2.24) is 0 Å². The number of phenols is 1. The first-order valence-electron chi connectivity index (χ1n) is 12.7. The molecular weight excluding hydrogens is 434 g/mol. The lowest BCUT2D eigenvalue weighted by Crippen LogP contribution is -2.38. The molecule has 0 bridgehead atoms. The Morgan fingerprint density at radius 1 is 1.24 bits per heavy atom. The van der Waals surface area contributed by atoms with Crippen LogP contribution in [-0.4, -0.2) is 40.7 Å². The Kier molecular flexibility index (Phi) is 11.5. The van der Waals surface area contributed by atoms with Crippen LogP contribution in [0.2, 0.25) is 0 Å². The van der Waals surface area contributed by atoms with E-state index >= 15 is 0 Å². The number of thiol groups is 1. The molecule has 0 aliphatic heterocycles. The highest BCUT2D eigenvalue weighted by Gasteiger charge is 2.35. The number of aromatic hydroxyl groups is 1. The van der Waals surface area contributed by atoms with Gasteiger partial charge in [-0.1, -0.05) is 58.6 Å². The topological polar surface area (TPSA) is 92.8 Å².